The number of halogens is 1. The Morgan fingerprint density at radius 3 is 1.52 bits per heavy atom. The molecule has 0 fully saturated rings. The fraction of sp³-hybridized carbons (Fsp3) is 0.950. The Labute approximate surface area is 153 Å². The molecule has 0 spiro atoms. The van der Waals surface area contributed by atoms with E-state index >= 15 is 0 Å². The monoisotopic (exact) mass is 390 g/mol. The van der Waals surface area contributed by atoms with Crippen LogP contribution in [0.15, 0.2) is 0 Å². The highest BCUT2D eigenvalue weighted by Crippen LogP contribution is 2.16. The van der Waals surface area contributed by atoms with Crippen molar-refractivity contribution in [2.24, 2.45) is 5.92 Å². The van der Waals surface area contributed by atoms with Crippen molar-refractivity contribution in [2.45, 2.75) is 103 Å². The number of alkyl halides is 1. The summed E-state index contributed by atoms with van der Waals surface area (Å²) in [7, 11) is 1.48. The van der Waals surface area contributed by atoms with Gasteiger partial charge in [-0.1, -0.05) is 113 Å². The molecule has 23 heavy (non-hydrogen) atoms. The second-order valence-corrected chi connectivity index (χ2v) is 7.41. The maximum Gasteiger partial charge on any atom is 0.309 e. The maximum absolute atomic E-state index is 11.5. The quantitative estimate of drug-likeness (QED) is 0.151. The third-order valence-corrected chi connectivity index (χ3v) is 5.41. The Bertz CT molecular complexity index is 256. The molecule has 0 aromatic rings. The van der Waals surface area contributed by atoms with Crippen LogP contribution in [-0.2, 0) is 9.53 Å². The van der Waals surface area contributed by atoms with Crippen LogP contribution in [0.1, 0.15) is 103 Å². The van der Waals surface area contributed by atoms with Gasteiger partial charge in [0.2, 0.25) is 0 Å². The second kappa shape index (κ2) is 18.3. The molecule has 0 aliphatic rings. The molecule has 1 atom stereocenters. The largest absolute Gasteiger partial charge is 0.469 e. The predicted octanol–water partition coefficient (Wildman–Crippen LogP) is 7.04. The van der Waals surface area contributed by atoms with Gasteiger partial charge in [0.1, 0.15) is 0 Å². The first-order valence-corrected chi connectivity index (χ1v) is 11.0. The minimum Gasteiger partial charge on any atom is -0.469 e. The molecule has 0 aromatic heterocycles. The van der Waals surface area contributed by atoms with Crippen LogP contribution in [-0.4, -0.2) is 18.4 Å². The highest BCUT2D eigenvalue weighted by molar-refractivity contribution is 9.09. The molecule has 0 radical (unpaired) electrons. The fourth-order valence-corrected chi connectivity index (χ4v) is 3.60. The Hall–Kier alpha value is -0.0500. The van der Waals surface area contributed by atoms with Gasteiger partial charge in [-0.2, -0.15) is 0 Å². The van der Waals surface area contributed by atoms with E-state index in [9.17, 15) is 4.79 Å². The van der Waals surface area contributed by atoms with E-state index in [0.717, 1.165) is 18.2 Å². The number of hydrogen-bond acceptors (Lipinski definition) is 2. The van der Waals surface area contributed by atoms with Crippen molar-refractivity contribution < 1.29 is 9.53 Å². The Kier molecular flexibility index (Phi) is 18.3. The van der Waals surface area contributed by atoms with Gasteiger partial charge in [-0.15, -0.1) is 0 Å². The van der Waals surface area contributed by atoms with Crippen LogP contribution in [0.4, 0.5) is 0 Å². The number of methoxy groups -OCH3 is 1. The smallest absolute Gasteiger partial charge is 0.309 e. The van der Waals surface area contributed by atoms with E-state index in [1.165, 1.54) is 90.6 Å². The van der Waals surface area contributed by atoms with Crippen molar-refractivity contribution in [1.82, 2.24) is 0 Å². The van der Waals surface area contributed by atoms with Gasteiger partial charge in [0, 0.05) is 5.33 Å². The van der Waals surface area contributed by atoms with Crippen LogP contribution in [0.3, 0.4) is 0 Å². The molecule has 1 unspecified atom stereocenters. The first-order chi connectivity index (χ1) is 11.3. The number of carbonyl (C=O) groups excluding carboxylic acids is 1. The van der Waals surface area contributed by atoms with E-state index in [-0.39, 0.29) is 11.9 Å². The number of esters is 1. The summed E-state index contributed by atoms with van der Waals surface area (Å²) in [4.78, 5) is 11.5. The summed E-state index contributed by atoms with van der Waals surface area (Å²) in [6.45, 7) is 2.28. The zero-order valence-corrected chi connectivity index (χ0v) is 17.2. The summed E-state index contributed by atoms with van der Waals surface area (Å²) >= 11 is 3.40. The van der Waals surface area contributed by atoms with Crippen molar-refractivity contribution >= 4 is 21.9 Å². The summed E-state index contributed by atoms with van der Waals surface area (Å²) in [5.41, 5.74) is 0. The lowest BCUT2D eigenvalue weighted by Crippen LogP contribution is -2.17. The molecular weight excluding hydrogens is 352 g/mol. The highest BCUT2D eigenvalue weighted by Gasteiger charge is 2.16. The van der Waals surface area contributed by atoms with E-state index in [1.54, 1.807) is 0 Å². The molecule has 0 bridgehead atoms. The molecule has 3 heteroatoms. The van der Waals surface area contributed by atoms with Gasteiger partial charge in [-0.05, 0) is 6.42 Å². The summed E-state index contributed by atoms with van der Waals surface area (Å²) in [5.74, 6) is -0.0334. The van der Waals surface area contributed by atoms with Crippen molar-refractivity contribution in [1.29, 1.82) is 0 Å². The molecule has 0 rings (SSSR count). The number of carbonyl (C=O) groups is 1. The zero-order valence-electron chi connectivity index (χ0n) is 15.6. The molecule has 0 aliphatic carbocycles. The Morgan fingerprint density at radius 2 is 1.17 bits per heavy atom. The molecule has 0 heterocycles. The fourth-order valence-electron chi connectivity index (χ4n) is 3.01. The van der Waals surface area contributed by atoms with Crippen molar-refractivity contribution in [3.05, 3.63) is 0 Å². The van der Waals surface area contributed by atoms with Crippen molar-refractivity contribution in [3.8, 4) is 0 Å². The minimum absolute atomic E-state index is 0.0392. The van der Waals surface area contributed by atoms with E-state index < -0.39 is 0 Å². The topological polar surface area (TPSA) is 26.3 Å². The molecular formula is C20H39BrO2. The van der Waals surface area contributed by atoms with Crippen LogP contribution in [0.25, 0.3) is 0 Å². The second-order valence-electron chi connectivity index (χ2n) is 6.76. The van der Waals surface area contributed by atoms with E-state index in [0.29, 0.717) is 0 Å². The molecule has 0 amide bonds. The number of rotatable bonds is 17. The van der Waals surface area contributed by atoms with Crippen LogP contribution >= 0.6 is 15.9 Å². The third kappa shape index (κ3) is 15.2. The average Bonchev–Trinajstić information content (AvgIpc) is 2.58. The first kappa shape index (κ1) is 22.9. The van der Waals surface area contributed by atoms with Gasteiger partial charge < -0.3 is 4.74 Å². The number of hydrogen-bond donors (Lipinski definition) is 0. The predicted molar refractivity (Wildman–Crippen MR) is 104 cm³/mol. The highest BCUT2D eigenvalue weighted by atomic mass is 79.9. The van der Waals surface area contributed by atoms with Gasteiger partial charge in [0.05, 0.1) is 13.0 Å². The summed E-state index contributed by atoms with van der Waals surface area (Å²) in [6.07, 6.45) is 20.2. The van der Waals surface area contributed by atoms with E-state index in [4.69, 9.17) is 4.74 Å². The first-order valence-electron chi connectivity index (χ1n) is 9.90. The lowest BCUT2D eigenvalue weighted by Gasteiger charge is -2.10. The minimum atomic E-state index is -0.0726. The van der Waals surface area contributed by atoms with Crippen molar-refractivity contribution in [3.63, 3.8) is 0 Å². The molecule has 0 aromatic carbocycles. The number of unbranched alkanes of at least 4 members (excludes halogenated alkanes) is 13. The summed E-state index contributed by atoms with van der Waals surface area (Å²) < 4.78 is 4.80. The molecule has 138 valence electrons. The van der Waals surface area contributed by atoms with Crippen LogP contribution in [0.2, 0.25) is 0 Å². The standard InChI is InChI=1S/C20H39BrO2/c1-3-4-5-6-7-8-9-10-11-12-13-14-15-16-17-19(18-21)20(22)23-2/h19H,3-18H2,1-2H3. The lowest BCUT2D eigenvalue weighted by molar-refractivity contribution is -0.144. The van der Waals surface area contributed by atoms with Gasteiger partial charge in [-0.3, -0.25) is 4.79 Å². The lowest BCUT2D eigenvalue weighted by atomic mass is 10.0. The average molecular weight is 391 g/mol. The van der Waals surface area contributed by atoms with Crippen molar-refractivity contribution in [2.75, 3.05) is 12.4 Å². The van der Waals surface area contributed by atoms with Gasteiger partial charge >= 0.3 is 5.97 Å². The Morgan fingerprint density at radius 1 is 0.783 bits per heavy atom. The molecule has 2 nitrogen and oxygen atoms in total. The van der Waals surface area contributed by atoms with Gasteiger partial charge in [0.15, 0.2) is 0 Å². The maximum atomic E-state index is 11.5. The molecule has 0 saturated heterocycles. The normalized spacial score (nSPS) is 12.3. The van der Waals surface area contributed by atoms with Crippen LogP contribution in [0.5, 0.6) is 0 Å². The van der Waals surface area contributed by atoms with Crippen LogP contribution in [0, 0.1) is 5.92 Å². The van der Waals surface area contributed by atoms with E-state index in [1.807, 2.05) is 0 Å². The molecule has 0 aliphatic heterocycles. The summed E-state index contributed by atoms with van der Waals surface area (Å²) in [5, 5.41) is 0.720. The zero-order chi connectivity index (χ0) is 17.2. The molecule has 0 N–H and O–H groups in total. The van der Waals surface area contributed by atoms with Gasteiger partial charge in [-0.25, -0.2) is 0 Å². The molecule has 0 saturated carbocycles. The van der Waals surface area contributed by atoms with E-state index in [2.05, 4.69) is 22.9 Å². The Balaban J connectivity index is 3.20. The van der Waals surface area contributed by atoms with Crippen LogP contribution < -0.4 is 0 Å². The summed E-state index contributed by atoms with van der Waals surface area (Å²) in [6, 6.07) is 0. The van der Waals surface area contributed by atoms with Gasteiger partial charge in [0.25, 0.3) is 0 Å². The number of ether oxygens (including phenoxy) is 1. The SMILES string of the molecule is CCCCCCCCCCCCCCCCC(CBr)C(=O)OC. The third-order valence-electron chi connectivity index (χ3n) is 4.63.